The molecule has 1 aliphatic heterocycles. The van der Waals surface area contributed by atoms with Crippen molar-refractivity contribution in [3.05, 3.63) is 59.7 Å². The van der Waals surface area contributed by atoms with Gasteiger partial charge in [-0.3, -0.25) is 9.59 Å². The molecule has 2 aliphatic rings. The van der Waals surface area contributed by atoms with Crippen LogP contribution >= 0.6 is 0 Å². The van der Waals surface area contributed by atoms with Crippen LogP contribution in [0.25, 0.3) is 11.1 Å². The summed E-state index contributed by atoms with van der Waals surface area (Å²) in [5, 5.41) is 12.1. The van der Waals surface area contributed by atoms with Gasteiger partial charge in [0.2, 0.25) is 5.91 Å². The lowest BCUT2D eigenvalue weighted by atomic mass is 9.96. The number of fused-ring (bicyclic) bond motifs is 3. The van der Waals surface area contributed by atoms with Gasteiger partial charge in [0.15, 0.2) is 0 Å². The molecule has 0 aromatic heterocycles. The van der Waals surface area contributed by atoms with Gasteiger partial charge in [-0.25, -0.2) is 4.79 Å². The highest BCUT2D eigenvalue weighted by Gasteiger charge is 2.30. The number of piperidine rings is 1. The van der Waals surface area contributed by atoms with Crippen molar-refractivity contribution in [1.29, 1.82) is 0 Å². The number of nitrogens with zero attached hydrogens (tertiary/aromatic N) is 1. The first kappa shape index (κ1) is 24.8. The van der Waals surface area contributed by atoms with Crippen molar-refractivity contribution in [3.63, 3.8) is 0 Å². The molecule has 2 N–H and O–H groups in total. The number of aliphatic carboxylic acids is 1. The van der Waals surface area contributed by atoms with Crippen molar-refractivity contribution in [2.75, 3.05) is 19.7 Å². The molecule has 186 valence electrons. The number of ether oxygens (including phenoxy) is 1. The number of alkyl carbamates (subject to hydrolysis) is 1. The number of benzene rings is 2. The monoisotopic (exact) mass is 478 g/mol. The van der Waals surface area contributed by atoms with Gasteiger partial charge in [-0.15, -0.1) is 0 Å². The van der Waals surface area contributed by atoms with Gasteiger partial charge in [0.25, 0.3) is 0 Å². The van der Waals surface area contributed by atoms with E-state index in [0.29, 0.717) is 32.4 Å². The molecule has 1 fully saturated rings. The number of carboxylic acids is 1. The normalized spacial score (nSPS) is 16.3. The van der Waals surface area contributed by atoms with E-state index in [0.717, 1.165) is 24.0 Å². The van der Waals surface area contributed by atoms with Crippen LogP contribution in [0.2, 0.25) is 0 Å². The molecule has 35 heavy (non-hydrogen) atoms. The molecule has 2 aromatic carbocycles. The molecular formula is C28H34N2O5. The zero-order valence-corrected chi connectivity index (χ0v) is 20.2. The molecule has 4 rings (SSSR count). The van der Waals surface area contributed by atoms with Gasteiger partial charge in [-0.2, -0.15) is 0 Å². The predicted octanol–water partition coefficient (Wildman–Crippen LogP) is 4.80. The Kier molecular flexibility index (Phi) is 8.06. The van der Waals surface area contributed by atoms with E-state index < -0.39 is 12.1 Å². The second kappa shape index (κ2) is 11.4. The van der Waals surface area contributed by atoms with E-state index in [1.54, 1.807) is 4.90 Å². The molecular weight excluding hydrogens is 444 g/mol. The number of nitrogens with one attached hydrogen (secondary N) is 1. The Morgan fingerprint density at radius 1 is 1.03 bits per heavy atom. The number of rotatable bonds is 9. The predicted molar refractivity (Wildman–Crippen MR) is 133 cm³/mol. The Balaban J connectivity index is 1.33. The molecule has 7 heteroatoms. The van der Waals surface area contributed by atoms with E-state index in [2.05, 4.69) is 36.5 Å². The average molecular weight is 479 g/mol. The van der Waals surface area contributed by atoms with Crippen molar-refractivity contribution < 1.29 is 24.2 Å². The van der Waals surface area contributed by atoms with E-state index in [1.807, 2.05) is 24.3 Å². The third kappa shape index (κ3) is 5.84. The minimum atomic E-state index is -0.796. The number of hydrogen-bond acceptors (Lipinski definition) is 4. The summed E-state index contributed by atoms with van der Waals surface area (Å²) in [7, 11) is 0. The number of carboxylic acid groups (broad SMARTS) is 1. The fourth-order valence-electron chi connectivity index (χ4n) is 5.20. The second-order valence-corrected chi connectivity index (χ2v) is 9.51. The summed E-state index contributed by atoms with van der Waals surface area (Å²) < 4.78 is 5.68. The van der Waals surface area contributed by atoms with Crippen LogP contribution in [0.15, 0.2) is 48.5 Å². The molecule has 2 amide bonds. The van der Waals surface area contributed by atoms with E-state index in [9.17, 15) is 19.5 Å². The van der Waals surface area contributed by atoms with E-state index in [-0.39, 0.29) is 36.8 Å². The molecule has 2 aromatic rings. The molecule has 0 unspecified atom stereocenters. The van der Waals surface area contributed by atoms with Gasteiger partial charge < -0.3 is 20.1 Å². The van der Waals surface area contributed by atoms with Crippen LogP contribution in [0.3, 0.4) is 0 Å². The molecule has 7 nitrogen and oxygen atoms in total. The average Bonchev–Trinajstić information content (AvgIpc) is 3.19. The topological polar surface area (TPSA) is 95.9 Å². The molecule has 1 saturated heterocycles. The van der Waals surface area contributed by atoms with Crippen LogP contribution in [0, 0.1) is 5.92 Å². The minimum Gasteiger partial charge on any atom is -0.481 e. The van der Waals surface area contributed by atoms with Gasteiger partial charge >= 0.3 is 12.1 Å². The Hall–Kier alpha value is -3.35. The van der Waals surface area contributed by atoms with E-state index in [1.165, 1.54) is 11.1 Å². The summed E-state index contributed by atoms with van der Waals surface area (Å²) in [5.74, 6) is -1.24. The zero-order chi connectivity index (χ0) is 24.8. The van der Waals surface area contributed by atoms with Crippen LogP contribution in [-0.4, -0.2) is 53.7 Å². The first-order chi connectivity index (χ1) is 17.0. The van der Waals surface area contributed by atoms with Gasteiger partial charge in [0.05, 0.1) is 5.92 Å². The number of hydrogen-bond donors (Lipinski definition) is 2. The Labute approximate surface area is 206 Å². The number of unbranched alkanes of at least 4 members (excludes halogenated alkanes) is 1. The van der Waals surface area contributed by atoms with Crippen molar-refractivity contribution >= 4 is 18.0 Å². The second-order valence-electron chi connectivity index (χ2n) is 9.51. The van der Waals surface area contributed by atoms with Crippen molar-refractivity contribution in [1.82, 2.24) is 10.2 Å². The maximum Gasteiger partial charge on any atom is 0.407 e. The lowest BCUT2D eigenvalue weighted by Gasteiger charge is -2.31. The number of likely N-dealkylation sites (tertiary alicyclic amines) is 1. The fraction of sp³-hybridized carbons (Fsp3) is 0.464. The van der Waals surface area contributed by atoms with Crippen molar-refractivity contribution in [2.45, 2.75) is 57.4 Å². The van der Waals surface area contributed by atoms with Crippen molar-refractivity contribution in [2.24, 2.45) is 5.92 Å². The van der Waals surface area contributed by atoms with Crippen LogP contribution in [0.4, 0.5) is 4.79 Å². The lowest BCUT2D eigenvalue weighted by molar-refractivity contribution is -0.145. The largest absolute Gasteiger partial charge is 0.481 e. The van der Waals surface area contributed by atoms with Gasteiger partial charge in [0.1, 0.15) is 6.61 Å². The minimum absolute atomic E-state index is 0.0144. The smallest absolute Gasteiger partial charge is 0.407 e. The summed E-state index contributed by atoms with van der Waals surface area (Å²) in [4.78, 5) is 38.5. The first-order valence-electron chi connectivity index (χ1n) is 12.6. The highest BCUT2D eigenvalue weighted by molar-refractivity contribution is 5.80. The molecule has 0 radical (unpaired) electrons. The summed E-state index contributed by atoms with van der Waals surface area (Å²) in [6.07, 6.45) is 3.18. The molecule has 1 atom stereocenters. The number of amides is 2. The van der Waals surface area contributed by atoms with Crippen LogP contribution in [0.1, 0.15) is 62.5 Å². The molecule has 1 heterocycles. The maximum atomic E-state index is 12.9. The summed E-state index contributed by atoms with van der Waals surface area (Å²) in [6, 6.07) is 16.1. The fourth-order valence-corrected chi connectivity index (χ4v) is 5.20. The highest BCUT2D eigenvalue weighted by Crippen LogP contribution is 2.44. The summed E-state index contributed by atoms with van der Waals surface area (Å²) >= 11 is 0. The van der Waals surface area contributed by atoms with Gasteiger partial charge in [0, 0.05) is 31.5 Å². The molecule has 1 aliphatic carbocycles. The van der Waals surface area contributed by atoms with E-state index >= 15 is 0 Å². The summed E-state index contributed by atoms with van der Waals surface area (Å²) in [5.41, 5.74) is 4.67. The molecule has 0 saturated carbocycles. The van der Waals surface area contributed by atoms with Crippen LogP contribution in [0.5, 0.6) is 0 Å². The Morgan fingerprint density at radius 2 is 1.63 bits per heavy atom. The SMILES string of the molecule is CCCC[C@@H](CC(=O)N1CCC(C(=O)O)CC1)NC(=O)OCC1c2ccccc2-c2ccccc21. The van der Waals surface area contributed by atoms with Crippen LogP contribution in [-0.2, 0) is 14.3 Å². The van der Waals surface area contributed by atoms with Crippen molar-refractivity contribution in [3.8, 4) is 11.1 Å². The van der Waals surface area contributed by atoms with Gasteiger partial charge in [-0.1, -0.05) is 68.3 Å². The number of carbonyl (C=O) groups excluding carboxylic acids is 2. The quantitative estimate of drug-likeness (QED) is 0.540. The molecule has 0 bridgehead atoms. The third-order valence-electron chi connectivity index (χ3n) is 7.19. The maximum absolute atomic E-state index is 12.9. The third-order valence-corrected chi connectivity index (χ3v) is 7.19. The zero-order valence-electron chi connectivity index (χ0n) is 20.2. The standard InChI is InChI=1S/C28H34N2O5/c1-2-3-8-20(17-26(31)30-15-13-19(14-16-30)27(32)33)29-28(34)35-18-25-23-11-6-4-9-21(23)22-10-5-7-12-24(22)25/h4-7,9-12,19-20,25H,2-3,8,13-18H2,1H3,(H,29,34)(H,32,33)/t20-/m0/s1. The summed E-state index contributed by atoms with van der Waals surface area (Å²) in [6.45, 7) is 3.20. The Morgan fingerprint density at radius 3 is 2.20 bits per heavy atom. The van der Waals surface area contributed by atoms with Crippen LogP contribution < -0.4 is 5.32 Å². The van der Waals surface area contributed by atoms with Gasteiger partial charge in [-0.05, 0) is 41.5 Å². The lowest BCUT2D eigenvalue weighted by Crippen LogP contribution is -2.44. The Bertz CT molecular complexity index is 1020. The van der Waals surface area contributed by atoms with E-state index in [4.69, 9.17) is 4.74 Å². The first-order valence-corrected chi connectivity index (χ1v) is 12.6. The molecule has 0 spiro atoms. The number of carbonyl (C=O) groups is 3. The highest BCUT2D eigenvalue weighted by atomic mass is 16.5.